The highest BCUT2D eigenvalue weighted by Gasteiger charge is 2.25. The maximum atomic E-state index is 13.1. The molecule has 1 saturated heterocycles. The van der Waals surface area contributed by atoms with Gasteiger partial charge in [0.25, 0.3) is 0 Å². The summed E-state index contributed by atoms with van der Waals surface area (Å²) in [4.78, 5) is 0. The van der Waals surface area contributed by atoms with Gasteiger partial charge in [-0.05, 0) is 38.0 Å². The van der Waals surface area contributed by atoms with E-state index in [9.17, 15) is 4.39 Å². The number of halogens is 1. The van der Waals surface area contributed by atoms with Crippen LogP contribution in [0, 0.1) is 5.82 Å². The minimum absolute atomic E-state index is 0.157. The lowest BCUT2D eigenvalue weighted by Gasteiger charge is -2.22. The Bertz CT molecular complexity index is 356. The number of rotatable bonds is 3. The van der Waals surface area contributed by atoms with Gasteiger partial charge in [0.1, 0.15) is 5.82 Å². The highest BCUT2D eigenvalue weighted by atomic mass is 19.1. The summed E-state index contributed by atoms with van der Waals surface area (Å²) in [6, 6.07) is 7.28. The van der Waals surface area contributed by atoms with Crippen LogP contribution in [0.15, 0.2) is 24.3 Å². The molecule has 0 radical (unpaired) electrons. The topological polar surface area (TPSA) is 21.3 Å². The minimum Gasteiger partial charge on any atom is -0.377 e. The Morgan fingerprint density at radius 2 is 2.31 bits per heavy atom. The third kappa shape index (κ3) is 2.60. The maximum absolute atomic E-state index is 13.1. The Morgan fingerprint density at radius 3 is 2.94 bits per heavy atom. The van der Waals surface area contributed by atoms with E-state index >= 15 is 0 Å². The fraction of sp³-hybridized carbons (Fsp3) is 0.538. The number of benzene rings is 1. The molecule has 0 bridgehead atoms. The highest BCUT2D eigenvalue weighted by molar-refractivity contribution is 5.19. The Kier molecular flexibility index (Phi) is 3.56. The molecule has 0 aromatic heterocycles. The van der Waals surface area contributed by atoms with E-state index in [1.807, 2.05) is 6.07 Å². The molecule has 0 saturated carbocycles. The molecule has 1 heterocycles. The van der Waals surface area contributed by atoms with Crippen molar-refractivity contribution in [3.05, 3.63) is 35.6 Å². The third-order valence-electron chi connectivity index (χ3n) is 3.19. The maximum Gasteiger partial charge on any atom is 0.123 e. The lowest BCUT2D eigenvalue weighted by Crippen LogP contribution is -2.36. The third-order valence-corrected chi connectivity index (χ3v) is 3.19. The zero-order chi connectivity index (χ0) is 11.5. The molecule has 1 aliphatic heterocycles. The van der Waals surface area contributed by atoms with E-state index < -0.39 is 0 Å². The number of nitrogens with one attached hydrogen (secondary N) is 1. The van der Waals surface area contributed by atoms with Crippen LogP contribution >= 0.6 is 0 Å². The molecule has 1 fully saturated rings. The molecule has 0 amide bonds. The summed E-state index contributed by atoms with van der Waals surface area (Å²) in [5.74, 6) is -0.179. The van der Waals surface area contributed by atoms with Crippen molar-refractivity contribution in [1.82, 2.24) is 5.32 Å². The molecule has 3 atom stereocenters. The normalized spacial score (nSPS) is 26.9. The summed E-state index contributed by atoms with van der Waals surface area (Å²) in [5.41, 5.74) is 0.985. The SMILES string of the molecule is CC(NC1CCOC1C)c1cccc(F)c1. The first-order valence-electron chi connectivity index (χ1n) is 5.80. The summed E-state index contributed by atoms with van der Waals surface area (Å²) >= 11 is 0. The van der Waals surface area contributed by atoms with E-state index in [0.717, 1.165) is 18.6 Å². The molecular formula is C13H18FNO. The molecule has 16 heavy (non-hydrogen) atoms. The van der Waals surface area contributed by atoms with Crippen molar-refractivity contribution in [2.75, 3.05) is 6.61 Å². The van der Waals surface area contributed by atoms with Crippen molar-refractivity contribution in [3.8, 4) is 0 Å². The van der Waals surface area contributed by atoms with Gasteiger partial charge in [-0.1, -0.05) is 12.1 Å². The highest BCUT2D eigenvalue weighted by Crippen LogP contribution is 2.19. The Hall–Kier alpha value is -0.930. The van der Waals surface area contributed by atoms with Gasteiger partial charge in [0.15, 0.2) is 0 Å². The van der Waals surface area contributed by atoms with Crippen LogP contribution in [0.2, 0.25) is 0 Å². The van der Waals surface area contributed by atoms with Crippen LogP contribution < -0.4 is 5.32 Å². The molecule has 3 heteroatoms. The Balaban J connectivity index is 1.99. The van der Waals surface area contributed by atoms with E-state index in [-0.39, 0.29) is 18.0 Å². The summed E-state index contributed by atoms with van der Waals surface area (Å²) in [6.07, 6.45) is 1.27. The molecule has 2 rings (SSSR count). The molecule has 2 nitrogen and oxygen atoms in total. The van der Waals surface area contributed by atoms with Crippen LogP contribution in [0.1, 0.15) is 31.9 Å². The van der Waals surface area contributed by atoms with Gasteiger partial charge in [-0.25, -0.2) is 4.39 Å². The van der Waals surface area contributed by atoms with Crippen LogP contribution in [0.4, 0.5) is 4.39 Å². The zero-order valence-corrected chi connectivity index (χ0v) is 9.74. The standard InChI is InChI=1S/C13H18FNO/c1-9(11-4-3-5-12(14)8-11)15-13-6-7-16-10(13)2/h3-5,8-10,13,15H,6-7H2,1-2H3. The Labute approximate surface area is 95.8 Å². The van der Waals surface area contributed by atoms with Gasteiger partial charge in [-0.3, -0.25) is 0 Å². The summed E-state index contributed by atoms with van der Waals surface area (Å²) in [5, 5.41) is 3.48. The van der Waals surface area contributed by atoms with Crippen LogP contribution in [-0.4, -0.2) is 18.8 Å². The molecule has 1 N–H and O–H groups in total. The summed E-state index contributed by atoms with van der Waals surface area (Å²) in [6.45, 7) is 4.94. The summed E-state index contributed by atoms with van der Waals surface area (Å²) < 4.78 is 18.6. The first kappa shape index (κ1) is 11.6. The second-order valence-corrected chi connectivity index (χ2v) is 4.41. The molecular weight excluding hydrogens is 205 g/mol. The second kappa shape index (κ2) is 4.93. The van der Waals surface area contributed by atoms with E-state index in [4.69, 9.17) is 4.74 Å². The quantitative estimate of drug-likeness (QED) is 0.850. The smallest absolute Gasteiger partial charge is 0.123 e. The van der Waals surface area contributed by atoms with Crippen LogP contribution in [-0.2, 0) is 4.74 Å². The first-order valence-corrected chi connectivity index (χ1v) is 5.80. The van der Waals surface area contributed by atoms with Crippen molar-refractivity contribution < 1.29 is 9.13 Å². The molecule has 1 aromatic carbocycles. The second-order valence-electron chi connectivity index (χ2n) is 4.41. The van der Waals surface area contributed by atoms with Crippen LogP contribution in [0.25, 0.3) is 0 Å². The number of ether oxygens (including phenoxy) is 1. The average molecular weight is 223 g/mol. The molecule has 3 unspecified atom stereocenters. The number of hydrogen-bond acceptors (Lipinski definition) is 2. The van der Waals surface area contributed by atoms with Gasteiger partial charge >= 0.3 is 0 Å². The van der Waals surface area contributed by atoms with Gasteiger partial charge in [0, 0.05) is 18.7 Å². The Morgan fingerprint density at radius 1 is 1.50 bits per heavy atom. The van der Waals surface area contributed by atoms with E-state index in [1.165, 1.54) is 6.07 Å². The molecule has 88 valence electrons. The van der Waals surface area contributed by atoms with Gasteiger partial charge in [0.2, 0.25) is 0 Å². The lowest BCUT2D eigenvalue weighted by atomic mass is 10.1. The predicted octanol–water partition coefficient (Wildman–Crippen LogP) is 2.65. The molecule has 0 spiro atoms. The average Bonchev–Trinajstić information content (AvgIpc) is 2.64. The van der Waals surface area contributed by atoms with Crippen molar-refractivity contribution in [2.45, 2.75) is 38.5 Å². The predicted molar refractivity (Wildman–Crippen MR) is 61.8 cm³/mol. The van der Waals surface area contributed by atoms with E-state index in [0.29, 0.717) is 6.04 Å². The summed E-state index contributed by atoms with van der Waals surface area (Å²) in [7, 11) is 0. The number of hydrogen-bond donors (Lipinski definition) is 1. The fourth-order valence-corrected chi connectivity index (χ4v) is 2.14. The van der Waals surface area contributed by atoms with Gasteiger partial charge in [0.05, 0.1) is 6.10 Å². The van der Waals surface area contributed by atoms with Gasteiger partial charge in [-0.2, -0.15) is 0 Å². The van der Waals surface area contributed by atoms with Crippen molar-refractivity contribution in [2.24, 2.45) is 0 Å². The van der Waals surface area contributed by atoms with Crippen molar-refractivity contribution >= 4 is 0 Å². The fourth-order valence-electron chi connectivity index (χ4n) is 2.14. The molecule has 1 aromatic rings. The molecule has 1 aliphatic rings. The van der Waals surface area contributed by atoms with E-state index in [2.05, 4.69) is 19.2 Å². The first-order chi connectivity index (χ1) is 7.66. The van der Waals surface area contributed by atoms with Crippen LogP contribution in [0.5, 0.6) is 0 Å². The van der Waals surface area contributed by atoms with Crippen molar-refractivity contribution in [3.63, 3.8) is 0 Å². The lowest BCUT2D eigenvalue weighted by molar-refractivity contribution is 0.111. The van der Waals surface area contributed by atoms with E-state index in [1.54, 1.807) is 12.1 Å². The van der Waals surface area contributed by atoms with Crippen molar-refractivity contribution in [1.29, 1.82) is 0 Å². The molecule has 0 aliphatic carbocycles. The monoisotopic (exact) mass is 223 g/mol. The van der Waals surface area contributed by atoms with Gasteiger partial charge in [-0.15, -0.1) is 0 Å². The largest absolute Gasteiger partial charge is 0.377 e. The van der Waals surface area contributed by atoms with Gasteiger partial charge < -0.3 is 10.1 Å². The van der Waals surface area contributed by atoms with Crippen LogP contribution in [0.3, 0.4) is 0 Å². The zero-order valence-electron chi connectivity index (χ0n) is 9.74. The minimum atomic E-state index is -0.179.